The van der Waals surface area contributed by atoms with E-state index >= 15 is 0 Å². The van der Waals surface area contributed by atoms with Gasteiger partial charge in [-0.1, -0.05) is 17.7 Å². The van der Waals surface area contributed by atoms with Gasteiger partial charge in [0.05, 0.1) is 12.6 Å². The van der Waals surface area contributed by atoms with Gasteiger partial charge in [0.15, 0.2) is 5.22 Å². The van der Waals surface area contributed by atoms with Crippen LogP contribution in [-0.2, 0) is 0 Å². The highest BCUT2D eigenvalue weighted by Crippen LogP contribution is 2.32. The summed E-state index contributed by atoms with van der Waals surface area (Å²) in [4.78, 5) is 0. The molecule has 102 valence electrons. The molecule has 1 heterocycles. The summed E-state index contributed by atoms with van der Waals surface area (Å²) in [5.74, 6) is 1.64. The molecular weight excluding hydrogens is 262 g/mol. The van der Waals surface area contributed by atoms with Crippen molar-refractivity contribution in [3.8, 4) is 5.75 Å². The van der Waals surface area contributed by atoms with E-state index in [9.17, 15) is 0 Å². The Morgan fingerprint density at radius 1 is 1.32 bits per heavy atom. The van der Waals surface area contributed by atoms with Crippen LogP contribution in [0.25, 0.3) is 0 Å². The SMILES string of the molecule is CCOc1ccc(C)cc1C(NC)c1ccc(Cl)o1. The lowest BCUT2D eigenvalue weighted by Crippen LogP contribution is -2.18. The molecule has 2 aromatic rings. The molecule has 0 radical (unpaired) electrons. The van der Waals surface area contributed by atoms with E-state index in [1.165, 1.54) is 5.56 Å². The summed E-state index contributed by atoms with van der Waals surface area (Å²) in [6.07, 6.45) is 0. The minimum Gasteiger partial charge on any atom is -0.494 e. The molecule has 3 nitrogen and oxygen atoms in total. The molecule has 0 bridgehead atoms. The summed E-state index contributed by atoms with van der Waals surface area (Å²) >= 11 is 5.86. The average molecular weight is 280 g/mol. The van der Waals surface area contributed by atoms with Crippen LogP contribution in [-0.4, -0.2) is 13.7 Å². The highest BCUT2D eigenvalue weighted by Gasteiger charge is 2.20. The molecule has 0 aliphatic heterocycles. The van der Waals surface area contributed by atoms with E-state index in [4.69, 9.17) is 20.8 Å². The van der Waals surface area contributed by atoms with E-state index < -0.39 is 0 Å². The molecule has 1 aromatic heterocycles. The van der Waals surface area contributed by atoms with Gasteiger partial charge in [0, 0.05) is 5.56 Å². The number of rotatable bonds is 5. The molecule has 1 atom stereocenters. The Balaban J connectivity index is 2.44. The summed E-state index contributed by atoms with van der Waals surface area (Å²) in [6, 6.07) is 9.68. The second-order valence-electron chi connectivity index (χ2n) is 4.34. The number of furan rings is 1. The molecule has 4 heteroatoms. The van der Waals surface area contributed by atoms with Gasteiger partial charge < -0.3 is 14.5 Å². The maximum atomic E-state index is 5.86. The Hall–Kier alpha value is -1.45. The van der Waals surface area contributed by atoms with Crippen molar-refractivity contribution < 1.29 is 9.15 Å². The summed E-state index contributed by atoms with van der Waals surface area (Å²) in [7, 11) is 1.89. The monoisotopic (exact) mass is 279 g/mol. The first kappa shape index (κ1) is 14.0. The maximum absolute atomic E-state index is 5.86. The predicted octanol–water partition coefficient (Wildman–Crippen LogP) is 3.95. The largest absolute Gasteiger partial charge is 0.494 e. The molecule has 19 heavy (non-hydrogen) atoms. The quantitative estimate of drug-likeness (QED) is 0.900. The van der Waals surface area contributed by atoms with Crippen molar-refractivity contribution in [2.24, 2.45) is 0 Å². The van der Waals surface area contributed by atoms with Crippen LogP contribution < -0.4 is 10.1 Å². The van der Waals surface area contributed by atoms with Gasteiger partial charge in [0.25, 0.3) is 0 Å². The average Bonchev–Trinajstić information content (AvgIpc) is 2.80. The third-order valence-electron chi connectivity index (χ3n) is 2.94. The summed E-state index contributed by atoms with van der Waals surface area (Å²) in [5.41, 5.74) is 2.23. The van der Waals surface area contributed by atoms with Gasteiger partial charge in [-0.3, -0.25) is 0 Å². The normalized spacial score (nSPS) is 12.4. The van der Waals surface area contributed by atoms with Crippen molar-refractivity contribution in [2.45, 2.75) is 19.9 Å². The third-order valence-corrected chi connectivity index (χ3v) is 3.15. The van der Waals surface area contributed by atoms with Crippen LogP contribution in [0.4, 0.5) is 0 Å². The Morgan fingerprint density at radius 3 is 2.68 bits per heavy atom. The highest BCUT2D eigenvalue weighted by atomic mass is 35.5. The first-order chi connectivity index (χ1) is 9.15. The van der Waals surface area contributed by atoms with Gasteiger partial charge in [-0.05, 0) is 50.7 Å². The number of halogens is 1. The van der Waals surface area contributed by atoms with Gasteiger partial charge in [0.1, 0.15) is 11.5 Å². The van der Waals surface area contributed by atoms with Gasteiger partial charge in [-0.2, -0.15) is 0 Å². The second kappa shape index (κ2) is 6.13. The van der Waals surface area contributed by atoms with E-state index in [0.717, 1.165) is 17.1 Å². The zero-order valence-electron chi connectivity index (χ0n) is 11.4. The molecule has 1 aromatic carbocycles. The van der Waals surface area contributed by atoms with Crippen LogP contribution in [0.3, 0.4) is 0 Å². The molecule has 0 amide bonds. The van der Waals surface area contributed by atoms with Crippen molar-refractivity contribution in [1.29, 1.82) is 0 Å². The first-order valence-electron chi connectivity index (χ1n) is 6.31. The first-order valence-corrected chi connectivity index (χ1v) is 6.69. The standard InChI is InChI=1S/C15H18ClNO2/c1-4-18-12-6-5-10(2)9-11(12)15(17-3)13-7-8-14(16)19-13/h5-9,15,17H,4H2,1-3H3. The van der Waals surface area contributed by atoms with E-state index in [1.54, 1.807) is 6.07 Å². The van der Waals surface area contributed by atoms with Crippen LogP contribution in [0.1, 0.15) is 29.9 Å². The van der Waals surface area contributed by atoms with E-state index in [2.05, 4.69) is 18.3 Å². The zero-order chi connectivity index (χ0) is 13.8. The molecular formula is C15H18ClNO2. The van der Waals surface area contributed by atoms with Crippen LogP contribution in [0, 0.1) is 6.92 Å². The van der Waals surface area contributed by atoms with Gasteiger partial charge in [-0.15, -0.1) is 0 Å². The zero-order valence-corrected chi connectivity index (χ0v) is 12.1. The Labute approximate surface area is 118 Å². The summed E-state index contributed by atoms with van der Waals surface area (Å²) in [5, 5.41) is 3.63. The highest BCUT2D eigenvalue weighted by molar-refractivity contribution is 6.28. The number of hydrogen-bond acceptors (Lipinski definition) is 3. The lowest BCUT2D eigenvalue weighted by Gasteiger charge is -2.18. The Kier molecular flexibility index (Phi) is 4.51. The molecule has 0 aliphatic rings. The topological polar surface area (TPSA) is 34.4 Å². The van der Waals surface area contributed by atoms with Gasteiger partial charge >= 0.3 is 0 Å². The Morgan fingerprint density at radius 2 is 2.11 bits per heavy atom. The van der Waals surface area contributed by atoms with E-state index in [-0.39, 0.29) is 6.04 Å². The lowest BCUT2D eigenvalue weighted by atomic mass is 10.0. The minimum absolute atomic E-state index is 0.0750. The maximum Gasteiger partial charge on any atom is 0.193 e. The fraction of sp³-hybridized carbons (Fsp3) is 0.333. The molecule has 1 unspecified atom stereocenters. The fourth-order valence-corrected chi connectivity index (χ4v) is 2.27. The van der Waals surface area contributed by atoms with Crippen LogP contribution >= 0.6 is 11.6 Å². The third kappa shape index (κ3) is 3.11. The lowest BCUT2D eigenvalue weighted by molar-refractivity contribution is 0.331. The van der Waals surface area contributed by atoms with E-state index in [1.807, 2.05) is 32.2 Å². The number of benzene rings is 1. The van der Waals surface area contributed by atoms with Crippen LogP contribution in [0.15, 0.2) is 34.7 Å². The number of aryl methyl sites for hydroxylation is 1. The molecule has 0 saturated heterocycles. The van der Waals surface area contributed by atoms with Crippen molar-refractivity contribution in [3.63, 3.8) is 0 Å². The van der Waals surface area contributed by atoms with Crippen molar-refractivity contribution in [1.82, 2.24) is 5.32 Å². The van der Waals surface area contributed by atoms with Crippen molar-refractivity contribution in [3.05, 3.63) is 52.4 Å². The molecule has 1 N–H and O–H groups in total. The van der Waals surface area contributed by atoms with Crippen molar-refractivity contribution >= 4 is 11.6 Å². The molecule has 2 rings (SSSR count). The molecule has 0 fully saturated rings. The Bertz CT molecular complexity index is 551. The van der Waals surface area contributed by atoms with Crippen LogP contribution in [0.5, 0.6) is 5.75 Å². The van der Waals surface area contributed by atoms with Gasteiger partial charge in [-0.25, -0.2) is 0 Å². The minimum atomic E-state index is -0.0750. The molecule has 0 spiro atoms. The summed E-state index contributed by atoms with van der Waals surface area (Å²) < 4.78 is 11.2. The number of nitrogens with one attached hydrogen (secondary N) is 1. The van der Waals surface area contributed by atoms with E-state index in [0.29, 0.717) is 11.8 Å². The fourth-order valence-electron chi connectivity index (χ4n) is 2.11. The molecule has 0 saturated carbocycles. The second-order valence-corrected chi connectivity index (χ2v) is 4.71. The van der Waals surface area contributed by atoms with Gasteiger partial charge in [0.2, 0.25) is 0 Å². The summed E-state index contributed by atoms with van der Waals surface area (Å²) in [6.45, 7) is 4.66. The smallest absolute Gasteiger partial charge is 0.193 e. The number of hydrogen-bond donors (Lipinski definition) is 1. The number of ether oxygens (including phenoxy) is 1. The molecule has 0 aliphatic carbocycles. The van der Waals surface area contributed by atoms with Crippen molar-refractivity contribution in [2.75, 3.05) is 13.7 Å². The predicted molar refractivity (Wildman–Crippen MR) is 77.0 cm³/mol. The van der Waals surface area contributed by atoms with Crippen LogP contribution in [0.2, 0.25) is 5.22 Å².